The second-order valence-electron chi connectivity index (χ2n) is 7.13. The molecule has 0 bridgehead atoms. The number of amides is 1. The Morgan fingerprint density at radius 3 is 2.56 bits per heavy atom. The van der Waals surface area contributed by atoms with Gasteiger partial charge in [-0.15, -0.1) is 0 Å². The molecule has 0 saturated heterocycles. The highest BCUT2D eigenvalue weighted by Gasteiger charge is 2.31. The van der Waals surface area contributed by atoms with E-state index >= 15 is 0 Å². The summed E-state index contributed by atoms with van der Waals surface area (Å²) >= 11 is 0. The summed E-state index contributed by atoms with van der Waals surface area (Å²) in [5.41, 5.74) is 2.98. The lowest BCUT2D eigenvalue weighted by molar-refractivity contribution is 0.0950. The summed E-state index contributed by atoms with van der Waals surface area (Å²) in [6.07, 6.45) is 7.63. The third-order valence-corrected chi connectivity index (χ3v) is 5.26. The number of hydrogen-bond acceptors (Lipinski definition) is 3. The standard InChI is InChI=1S/C20H25N3O2/c1-25-18-10-8-15(9-11-18)20(24)21-13-16-12-19(14-6-7-14)23(22-16)17-4-2-3-5-17/h8-12,14,17H,2-7,13H2,1H3,(H,21,24). The average Bonchev–Trinajstić information content (AvgIpc) is 3.18. The molecule has 1 aromatic carbocycles. The number of methoxy groups -OCH3 is 1. The molecule has 0 radical (unpaired) electrons. The monoisotopic (exact) mass is 339 g/mol. The third kappa shape index (κ3) is 3.55. The summed E-state index contributed by atoms with van der Waals surface area (Å²) in [7, 11) is 1.62. The van der Waals surface area contributed by atoms with Crippen molar-refractivity contribution in [3.8, 4) is 5.75 Å². The maximum atomic E-state index is 12.3. The fourth-order valence-electron chi connectivity index (χ4n) is 3.69. The average molecular weight is 339 g/mol. The Bertz CT molecular complexity index is 741. The van der Waals surface area contributed by atoms with Crippen LogP contribution in [-0.2, 0) is 6.54 Å². The molecule has 4 rings (SSSR count). The highest BCUT2D eigenvalue weighted by molar-refractivity contribution is 5.94. The predicted octanol–water partition coefficient (Wildman–Crippen LogP) is 3.81. The van der Waals surface area contributed by atoms with Crippen LogP contribution in [0.2, 0.25) is 0 Å². The van der Waals surface area contributed by atoms with E-state index in [1.807, 2.05) is 0 Å². The third-order valence-electron chi connectivity index (χ3n) is 5.26. The lowest BCUT2D eigenvalue weighted by Crippen LogP contribution is -2.23. The van der Waals surface area contributed by atoms with Crippen LogP contribution in [-0.4, -0.2) is 22.8 Å². The largest absolute Gasteiger partial charge is 0.497 e. The van der Waals surface area contributed by atoms with Crippen molar-refractivity contribution in [3.63, 3.8) is 0 Å². The number of carbonyl (C=O) groups is 1. The minimum Gasteiger partial charge on any atom is -0.497 e. The van der Waals surface area contributed by atoms with Gasteiger partial charge in [-0.1, -0.05) is 12.8 Å². The second kappa shape index (κ2) is 6.90. The molecule has 1 N–H and O–H groups in total. The SMILES string of the molecule is COc1ccc(C(=O)NCc2cc(C3CC3)n(C3CCCC3)n2)cc1. The first kappa shape index (κ1) is 16.2. The minimum atomic E-state index is -0.0777. The predicted molar refractivity (Wildman–Crippen MR) is 95.9 cm³/mol. The molecule has 2 aromatic rings. The normalized spacial score (nSPS) is 17.6. The number of nitrogens with one attached hydrogen (secondary N) is 1. The molecule has 2 aliphatic carbocycles. The number of aromatic nitrogens is 2. The van der Waals surface area contributed by atoms with Gasteiger partial charge in [-0.2, -0.15) is 5.10 Å². The number of ether oxygens (including phenoxy) is 1. The van der Waals surface area contributed by atoms with Crippen molar-refractivity contribution in [1.29, 1.82) is 0 Å². The molecule has 0 atom stereocenters. The molecule has 132 valence electrons. The number of carbonyl (C=O) groups excluding carboxylic acids is 1. The van der Waals surface area contributed by atoms with E-state index in [0.29, 0.717) is 24.1 Å². The van der Waals surface area contributed by atoms with Gasteiger partial charge in [0.15, 0.2) is 0 Å². The van der Waals surface area contributed by atoms with E-state index in [-0.39, 0.29) is 5.91 Å². The van der Waals surface area contributed by atoms with Gasteiger partial charge >= 0.3 is 0 Å². The van der Waals surface area contributed by atoms with Gasteiger partial charge in [0.1, 0.15) is 5.75 Å². The molecular formula is C20H25N3O2. The number of rotatable bonds is 6. The summed E-state index contributed by atoms with van der Waals surface area (Å²) < 4.78 is 7.39. The second-order valence-corrected chi connectivity index (χ2v) is 7.13. The fourth-order valence-corrected chi connectivity index (χ4v) is 3.69. The van der Waals surface area contributed by atoms with Gasteiger partial charge in [0, 0.05) is 17.2 Å². The topological polar surface area (TPSA) is 56.1 Å². The van der Waals surface area contributed by atoms with E-state index in [4.69, 9.17) is 9.84 Å². The fraction of sp³-hybridized carbons (Fsp3) is 0.500. The molecule has 2 saturated carbocycles. The van der Waals surface area contributed by atoms with Crippen LogP contribution in [0.1, 0.15) is 72.2 Å². The van der Waals surface area contributed by atoms with Gasteiger partial charge in [0.2, 0.25) is 0 Å². The van der Waals surface area contributed by atoms with Crippen LogP contribution in [0, 0.1) is 0 Å². The number of benzene rings is 1. The van der Waals surface area contributed by atoms with Crippen LogP contribution in [0.5, 0.6) is 5.75 Å². The van der Waals surface area contributed by atoms with E-state index in [2.05, 4.69) is 16.1 Å². The van der Waals surface area contributed by atoms with Gasteiger partial charge in [-0.05, 0) is 56.0 Å². The molecule has 0 aliphatic heterocycles. The molecule has 5 nitrogen and oxygen atoms in total. The van der Waals surface area contributed by atoms with Crippen molar-refractivity contribution < 1.29 is 9.53 Å². The molecule has 1 heterocycles. The first-order valence-electron chi connectivity index (χ1n) is 9.25. The zero-order valence-corrected chi connectivity index (χ0v) is 14.7. The Balaban J connectivity index is 1.43. The minimum absolute atomic E-state index is 0.0777. The van der Waals surface area contributed by atoms with E-state index in [9.17, 15) is 4.79 Å². The molecule has 1 aromatic heterocycles. The van der Waals surface area contributed by atoms with Crippen LogP contribution in [0.4, 0.5) is 0 Å². The lowest BCUT2D eigenvalue weighted by Gasteiger charge is -2.13. The molecule has 1 amide bonds. The lowest BCUT2D eigenvalue weighted by atomic mass is 10.2. The van der Waals surface area contributed by atoms with E-state index < -0.39 is 0 Å². The van der Waals surface area contributed by atoms with Crippen molar-refractivity contribution in [3.05, 3.63) is 47.3 Å². The van der Waals surface area contributed by atoms with E-state index in [1.165, 1.54) is 44.2 Å². The summed E-state index contributed by atoms with van der Waals surface area (Å²) in [5.74, 6) is 1.35. The molecule has 2 aliphatic rings. The Hall–Kier alpha value is -2.30. The Morgan fingerprint density at radius 1 is 1.20 bits per heavy atom. The smallest absolute Gasteiger partial charge is 0.251 e. The maximum absolute atomic E-state index is 12.3. The Kier molecular flexibility index (Phi) is 4.47. The highest BCUT2D eigenvalue weighted by atomic mass is 16.5. The van der Waals surface area contributed by atoms with Gasteiger partial charge in [-0.25, -0.2) is 0 Å². The van der Waals surface area contributed by atoms with E-state index in [0.717, 1.165) is 11.4 Å². The number of hydrogen-bond donors (Lipinski definition) is 1. The van der Waals surface area contributed by atoms with Crippen LogP contribution < -0.4 is 10.1 Å². The first-order chi connectivity index (χ1) is 12.2. The van der Waals surface area contributed by atoms with Crippen LogP contribution >= 0.6 is 0 Å². The van der Waals surface area contributed by atoms with Crippen LogP contribution in [0.3, 0.4) is 0 Å². The Labute approximate surface area is 148 Å². The van der Waals surface area contributed by atoms with Crippen LogP contribution in [0.15, 0.2) is 30.3 Å². The van der Waals surface area contributed by atoms with Crippen molar-refractivity contribution >= 4 is 5.91 Å². The molecule has 0 spiro atoms. The van der Waals surface area contributed by atoms with Gasteiger partial charge in [0.05, 0.1) is 25.4 Å². The summed E-state index contributed by atoms with van der Waals surface area (Å²) in [6.45, 7) is 0.476. The van der Waals surface area contributed by atoms with Crippen molar-refractivity contribution in [1.82, 2.24) is 15.1 Å². The molecule has 2 fully saturated rings. The number of nitrogens with zero attached hydrogens (tertiary/aromatic N) is 2. The molecule has 5 heteroatoms. The zero-order valence-electron chi connectivity index (χ0n) is 14.7. The highest BCUT2D eigenvalue weighted by Crippen LogP contribution is 2.43. The van der Waals surface area contributed by atoms with Gasteiger partial charge in [0.25, 0.3) is 5.91 Å². The van der Waals surface area contributed by atoms with Crippen LogP contribution in [0.25, 0.3) is 0 Å². The van der Waals surface area contributed by atoms with Crippen molar-refractivity contribution in [2.75, 3.05) is 7.11 Å². The zero-order chi connectivity index (χ0) is 17.2. The molecule has 0 unspecified atom stereocenters. The van der Waals surface area contributed by atoms with Gasteiger partial charge < -0.3 is 10.1 Å². The first-order valence-corrected chi connectivity index (χ1v) is 9.25. The molecular weight excluding hydrogens is 314 g/mol. The summed E-state index contributed by atoms with van der Waals surface area (Å²) in [6, 6.07) is 9.91. The van der Waals surface area contributed by atoms with Crippen molar-refractivity contribution in [2.45, 2.75) is 57.0 Å². The maximum Gasteiger partial charge on any atom is 0.251 e. The van der Waals surface area contributed by atoms with Gasteiger partial charge in [-0.3, -0.25) is 9.48 Å². The molecule has 25 heavy (non-hydrogen) atoms. The van der Waals surface area contributed by atoms with E-state index in [1.54, 1.807) is 31.4 Å². The van der Waals surface area contributed by atoms with Crippen molar-refractivity contribution in [2.24, 2.45) is 0 Å². The summed E-state index contributed by atoms with van der Waals surface area (Å²) in [4.78, 5) is 12.3. The Morgan fingerprint density at radius 2 is 1.92 bits per heavy atom. The summed E-state index contributed by atoms with van der Waals surface area (Å²) in [5, 5.41) is 7.82. The quantitative estimate of drug-likeness (QED) is 0.870.